The van der Waals surface area contributed by atoms with Gasteiger partial charge in [0.15, 0.2) is 11.5 Å². The standard InChI is InChI=1S/C18H20N2O5/c1-24-14-5-7-17(25-2)13(10-14)11-19-20-18(23)8-4-12-3-6-15(21)16(22)9-12/h3,5-7,9-11,21-22H,4,8H2,1-2H3,(H,20,23)/b19-11-. The van der Waals surface area contributed by atoms with E-state index in [4.69, 9.17) is 9.47 Å². The minimum Gasteiger partial charge on any atom is -0.504 e. The molecule has 0 saturated carbocycles. The van der Waals surface area contributed by atoms with Gasteiger partial charge in [-0.3, -0.25) is 4.79 Å². The van der Waals surface area contributed by atoms with Gasteiger partial charge in [0, 0.05) is 12.0 Å². The molecule has 0 aromatic heterocycles. The summed E-state index contributed by atoms with van der Waals surface area (Å²) in [6.45, 7) is 0. The van der Waals surface area contributed by atoms with Crippen molar-refractivity contribution in [3.05, 3.63) is 47.5 Å². The van der Waals surface area contributed by atoms with Crippen LogP contribution >= 0.6 is 0 Å². The molecule has 7 heteroatoms. The SMILES string of the molecule is COc1ccc(OC)c(/C=N\NC(=O)CCc2ccc(O)c(O)c2)c1. The molecule has 132 valence electrons. The summed E-state index contributed by atoms with van der Waals surface area (Å²) in [5.41, 5.74) is 3.85. The molecule has 0 atom stereocenters. The molecular formula is C18H20N2O5. The Labute approximate surface area is 145 Å². The summed E-state index contributed by atoms with van der Waals surface area (Å²) >= 11 is 0. The van der Waals surface area contributed by atoms with Gasteiger partial charge in [-0.1, -0.05) is 6.07 Å². The van der Waals surface area contributed by atoms with Crippen molar-refractivity contribution in [1.29, 1.82) is 0 Å². The Kier molecular flexibility index (Phi) is 6.22. The Morgan fingerprint density at radius 3 is 2.60 bits per heavy atom. The zero-order chi connectivity index (χ0) is 18.2. The summed E-state index contributed by atoms with van der Waals surface area (Å²) in [4.78, 5) is 11.8. The zero-order valence-electron chi connectivity index (χ0n) is 14.0. The second-order valence-electron chi connectivity index (χ2n) is 5.22. The third kappa shape index (κ3) is 5.13. The van der Waals surface area contributed by atoms with E-state index in [2.05, 4.69) is 10.5 Å². The number of phenolic OH excluding ortho intramolecular Hbond substituents is 2. The summed E-state index contributed by atoms with van der Waals surface area (Å²) in [5.74, 6) is 0.593. The van der Waals surface area contributed by atoms with Crippen molar-refractivity contribution in [2.45, 2.75) is 12.8 Å². The largest absolute Gasteiger partial charge is 0.504 e. The first kappa shape index (κ1) is 18.1. The number of benzene rings is 2. The van der Waals surface area contributed by atoms with E-state index < -0.39 is 0 Å². The van der Waals surface area contributed by atoms with Gasteiger partial charge < -0.3 is 19.7 Å². The van der Waals surface area contributed by atoms with Gasteiger partial charge in [0.1, 0.15) is 11.5 Å². The maximum absolute atomic E-state index is 11.8. The van der Waals surface area contributed by atoms with Crippen LogP contribution in [0.3, 0.4) is 0 Å². The van der Waals surface area contributed by atoms with Gasteiger partial charge in [-0.05, 0) is 42.3 Å². The maximum atomic E-state index is 11.8. The molecule has 2 aromatic carbocycles. The van der Waals surface area contributed by atoms with E-state index in [1.54, 1.807) is 38.5 Å². The molecule has 2 rings (SSSR count). The van der Waals surface area contributed by atoms with Gasteiger partial charge in [0.25, 0.3) is 0 Å². The highest BCUT2D eigenvalue weighted by atomic mass is 16.5. The number of methoxy groups -OCH3 is 2. The first-order valence-electron chi connectivity index (χ1n) is 7.58. The zero-order valence-corrected chi connectivity index (χ0v) is 14.0. The second kappa shape index (κ2) is 8.58. The Morgan fingerprint density at radius 2 is 1.92 bits per heavy atom. The summed E-state index contributed by atoms with van der Waals surface area (Å²) in [7, 11) is 3.11. The van der Waals surface area contributed by atoms with Gasteiger partial charge >= 0.3 is 0 Å². The minimum atomic E-state index is -0.273. The molecule has 0 radical (unpaired) electrons. The van der Waals surface area contributed by atoms with Crippen LogP contribution in [0, 0.1) is 0 Å². The fourth-order valence-electron chi connectivity index (χ4n) is 2.15. The number of nitrogens with one attached hydrogen (secondary N) is 1. The van der Waals surface area contributed by atoms with Gasteiger partial charge in [-0.2, -0.15) is 5.10 Å². The Balaban J connectivity index is 1.91. The predicted octanol–water partition coefficient (Wildman–Crippen LogP) is 2.20. The van der Waals surface area contributed by atoms with E-state index in [0.717, 1.165) is 5.56 Å². The highest BCUT2D eigenvalue weighted by Crippen LogP contribution is 2.25. The van der Waals surface area contributed by atoms with E-state index in [1.165, 1.54) is 18.3 Å². The monoisotopic (exact) mass is 344 g/mol. The summed E-state index contributed by atoms with van der Waals surface area (Å²) < 4.78 is 10.4. The van der Waals surface area contributed by atoms with Crippen LogP contribution in [0.15, 0.2) is 41.5 Å². The lowest BCUT2D eigenvalue weighted by atomic mass is 10.1. The second-order valence-corrected chi connectivity index (χ2v) is 5.22. The number of ether oxygens (including phenoxy) is 2. The van der Waals surface area contributed by atoms with Crippen LogP contribution in [0.5, 0.6) is 23.0 Å². The van der Waals surface area contributed by atoms with Crippen molar-refractivity contribution < 1.29 is 24.5 Å². The fraction of sp³-hybridized carbons (Fsp3) is 0.222. The third-order valence-corrected chi connectivity index (χ3v) is 3.51. The lowest BCUT2D eigenvalue weighted by Crippen LogP contribution is -2.17. The van der Waals surface area contributed by atoms with Gasteiger partial charge in [-0.15, -0.1) is 0 Å². The quantitative estimate of drug-likeness (QED) is 0.406. The Bertz CT molecular complexity index is 774. The molecule has 0 aliphatic carbocycles. The average Bonchev–Trinajstić information content (AvgIpc) is 2.62. The predicted molar refractivity (Wildman–Crippen MR) is 93.4 cm³/mol. The molecule has 25 heavy (non-hydrogen) atoms. The number of aromatic hydroxyl groups is 2. The van der Waals surface area contributed by atoms with Crippen LogP contribution < -0.4 is 14.9 Å². The fourth-order valence-corrected chi connectivity index (χ4v) is 2.15. The van der Waals surface area contributed by atoms with E-state index in [9.17, 15) is 15.0 Å². The lowest BCUT2D eigenvalue weighted by molar-refractivity contribution is -0.121. The molecule has 0 heterocycles. The summed E-state index contributed by atoms with van der Waals surface area (Å²) in [6, 6.07) is 9.71. The van der Waals surface area contributed by atoms with Crippen molar-refractivity contribution in [2.24, 2.45) is 5.10 Å². The van der Waals surface area contributed by atoms with Crippen molar-refractivity contribution >= 4 is 12.1 Å². The van der Waals surface area contributed by atoms with Gasteiger partial charge in [0.2, 0.25) is 5.91 Å². The lowest BCUT2D eigenvalue weighted by Gasteiger charge is -2.07. The van der Waals surface area contributed by atoms with Crippen LogP contribution in [-0.4, -0.2) is 36.6 Å². The van der Waals surface area contributed by atoms with E-state index in [0.29, 0.717) is 23.5 Å². The average molecular weight is 344 g/mol. The van der Waals surface area contributed by atoms with Crippen molar-refractivity contribution in [3.63, 3.8) is 0 Å². The first-order valence-corrected chi connectivity index (χ1v) is 7.58. The van der Waals surface area contributed by atoms with Crippen molar-refractivity contribution in [1.82, 2.24) is 5.43 Å². The van der Waals surface area contributed by atoms with E-state index >= 15 is 0 Å². The third-order valence-electron chi connectivity index (χ3n) is 3.51. The van der Waals surface area contributed by atoms with Crippen LogP contribution in [0.2, 0.25) is 0 Å². The maximum Gasteiger partial charge on any atom is 0.240 e. The molecule has 0 unspecified atom stereocenters. The number of hydrazone groups is 1. The minimum absolute atomic E-state index is 0.190. The van der Waals surface area contributed by atoms with Gasteiger partial charge in [-0.25, -0.2) is 5.43 Å². The van der Waals surface area contributed by atoms with E-state index in [-0.39, 0.29) is 23.8 Å². The first-order chi connectivity index (χ1) is 12.0. The topological polar surface area (TPSA) is 100 Å². The molecule has 0 bridgehead atoms. The number of aryl methyl sites for hydroxylation is 1. The highest BCUT2D eigenvalue weighted by molar-refractivity contribution is 5.85. The number of hydrogen-bond donors (Lipinski definition) is 3. The molecule has 0 fully saturated rings. The van der Waals surface area contributed by atoms with Crippen molar-refractivity contribution in [3.8, 4) is 23.0 Å². The van der Waals surface area contributed by atoms with Crippen LogP contribution in [0.1, 0.15) is 17.5 Å². The van der Waals surface area contributed by atoms with Crippen molar-refractivity contribution in [2.75, 3.05) is 14.2 Å². The molecule has 0 aliphatic heterocycles. The number of phenols is 2. The molecule has 0 aliphatic rings. The van der Waals surface area contributed by atoms with Crippen LogP contribution in [0.4, 0.5) is 0 Å². The van der Waals surface area contributed by atoms with Crippen LogP contribution in [-0.2, 0) is 11.2 Å². The number of rotatable bonds is 7. The number of amides is 1. The number of carbonyl (C=O) groups is 1. The normalized spacial score (nSPS) is 10.6. The molecule has 3 N–H and O–H groups in total. The molecule has 7 nitrogen and oxygen atoms in total. The van der Waals surface area contributed by atoms with Gasteiger partial charge in [0.05, 0.1) is 20.4 Å². The Hall–Kier alpha value is -3.22. The molecule has 0 saturated heterocycles. The molecular weight excluding hydrogens is 324 g/mol. The number of nitrogens with zero attached hydrogens (tertiary/aromatic N) is 1. The molecule has 0 spiro atoms. The molecule has 2 aromatic rings. The highest BCUT2D eigenvalue weighted by Gasteiger charge is 2.05. The van der Waals surface area contributed by atoms with Crippen LogP contribution in [0.25, 0.3) is 0 Å². The molecule has 1 amide bonds. The smallest absolute Gasteiger partial charge is 0.240 e. The Morgan fingerprint density at radius 1 is 1.12 bits per heavy atom. The van der Waals surface area contributed by atoms with E-state index in [1.807, 2.05) is 0 Å². The number of carbonyl (C=O) groups excluding carboxylic acids is 1. The number of hydrogen-bond acceptors (Lipinski definition) is 6. The summed E-state index contributed by atoms with van der Waals surface area (Å²) in [5, 5.41) is 22.6. The summed E-state index contributed by atoms with van der Waals surface area (Å²) in [6.07, 6.45) is 2.08.